The number of carbonyl (C=O) groups is 1. The number of aliphatic imine (C=N–C) groups is 1. The monoisotopic (exact) mass is 539 g/mol. The van der Waals surface area contributed by atoms with E-state index < -0.39 is 23.3 Å². The van der Waals surface area contributed by atoms with Gasteiger partial charge in [0, 0.05) is 19.0 Å². The van der Waals surface area contributed by atoms with Gasteiger partial charge in [-0.05, 0) is 99.3 Å². The van der Waals surface area contributed by atoms with Crippen molar-refractivity contribution in [3.05, 3.63) is 88.7 Å². The van der Waals surface area contributed by atoms with Crippen LogP contribution >= 0.6 is 0 Å². The maximum atomic E-state index is 15.5. The van der Waals surface area contributed by atoms with Crippen molar-refractivity contribution in [2.45, 2.75) is 46.0 Å². The highest BCUT2D eigenvalue weighted by molar-refractivity contribution is 5.99. The van der Waals surface area contributed by atoms with Crippen LogP contribution in [0, 0.1) is 25.5 Å². The summed E-state index contributed by atoms with van der Waals surface area (Å²) in [7, 11) is 1.47. The Balaban J connectivity index is 1.46. The number of hydrogen-bond acceptors (Lipinski definition) is 4. The highest BCUT2D eigenvalue weighted by atomic mass is 19.3. The molecule has 0 unspecified atom stereocenters. The first-order valence-electron chi connectivity index (χ1n) is 12.6. The number of ether oxygens (including phenoxy) is 1. The van der Waals surface area contributed by atoms with E-state index in [1.54, 1.807) is 44.2 Å². The lowest BCUT2D eigenvalue weighted by Crippen LogP contribution is -2.27. The van der Waals surface area contributed by atoms with Gasteiger partial charge in [-0.3, -0.25) is 9.79 Å². The van der Waals surface area contributed by atoms with Gasteiger partial charge in [-0.2, -0.15) is 8.78 Å². The number of unbranched alkanes of at least 4 members (excludes halogenated alkanes) is 1. The molecule has 39 heavy (non-hydrogen) atoms. The first kappa shape index (κ1) is 28.0. The lowest BCUT2D eigenvalue weighted by Gasteiger charge is -2.17. The van der Waals surface area contributed by atoms with Gasteiger partial charge in [0.15, 0.2) is 11.6 Å². The number of alkyl halides is 2. The molecule has 1 heterocycles. The number of fused-ring (bicyclic) bond motifs is 1. The standard InChI is InChI=1S/C30H29F4N3O2/c1-18-15-23(32)16-19(2)28(18)35-20(3)30(33,34)29-36-25-13-8-21(17-26(25)37(29)4)27(38)7-5-6-14-39-24-11-9-22(31)10-12-24/h8-13,15-17H,5-7,14H2,1-4H3. The van der Waals surface area contributed by atoms with Crippen LogP contribution in [-0.4, -0.2) is 27.7 Å². The van der Waals surface area contributed by atoms with Crippen molar-refractivity contribution in [1.29, 1.82) is 0 Å². The minimum atomic E-state index is -3.50. The fraction of sp³-hybridized carbons (Fsp3) is 0.300. The number of benzene rings is 3. The van der Waals surface area contributed by atoms with Crippen LogP contribution in [0.4, 0.5) is 23.2 Å². The molecule has 5 nitrogen and oxygen atoms in total. The Hall–Kier alpha value is -4.01. The summed E-state index contributed by atoms with van der Waals surface area (Å²) in [4.78, 5) is 21.1. The Labute approximate surface area is 224 Å². The molecule has 0 N–H and O–H groups in total. The third-order valence-corrected chi connectivity index (χ3v) is 6.55. The van der Waals surface area contributed by atoms with Gasteiger partial charge in [-0.15, -0.1) is 0 Å². The molecule has 0 amide bonds. The van der Waals surface area contributed by atoms with E-state index in [4.69, 9.17) is 4.74 Å². The zero-order valence-corrected chi connectivity index (χ0v) is 22.2. The Bertz CT molecular complexity index is 1520. The third-order valence-electron chi connectivity index (χ3n) is 6.55. The summed E-state index contributed by atoms with van der Waals surface area (Å²) >= 11 is 0. The second kappa shape index (κ2) is 11.4. The summed E-state index contributed by atoms with van der Waals surface area (Å²) in [5.74, 6) is -4.36. The van der Waals surface area contributed by atoms with E-state index in [0.717, 1.165) is 0 Å². The average Bonchev–Trinajstić information content (AvgIpc) is 3.23. The molecular formula is C30H29F4N3O2. The number of rotatable bonds is 10. The quantitative estimate of drug-likeness (QED) is 0.0895. The van der Waals surface area contributed by atoms with Crippen LogP contribution in [0.5, 0.6) is 5.75 Å². The first-order chi connectivity index (χ1) is 18.5. The van der Waals surface area contributed by atoms with E-state index in [1.807, 2.05) is 0 Å². The molecular weight excluding hydrogens is 510 g/mol. The van der Waals surface area contributed by atoms with Gasteiger partial charge < -0.3 is 9.30 Å². The van der Waals surface area contributed by atoms with Crippen molar-refractivity contribution in [2.24, 2.45) is 12.0 Å². The Kier molecular flexibility index (Phi) is 8.18. The molecule has 1 aromatic heterocycles. The van der Waals surface area contributed by atoms with Gasteiger partial charge in [0.05, 0.1) is 29.0 Å². The van der Waals surface area contributed by atoms with Gasteiger partial charge in [0.1, 0.15) is 17.4 Å². The highest BCUT2D eigenvalue weighted by Gasteiger charge is 2.40. The molecule has 0 aliphatic rings. The van der Waals surface area contributed by atoms with Crippen LogP contribution in [0.3, 0.4) is 0 Å². The van der Waals surface area contributed by atoms with Gasteiger partial charge >= 0.3 is 5.92 Å². The van der Waals surface area contributed by atoms with Crippen LogP contribution in [0.1, 0.15) is 53.5 Å². The molecule has 4 aromatic rings. The van der Waals surface area contributed by atoms with Crippen LogP contribution in [0.15, 0.2) is 59.6 Å². The van der Waals surface area contributed by atoms with E-state index in [0.29, 0.717) is 58.6 Å². The molecule has 9 heteroatoms. The molecule has 0 saturated carbocycles. The van der Waals surface area contributed by atoms with Crippen molar-refractivity contribution in [2.75, 3.05) is 6.61 Å². The summed E-state index contributed by atoms with van der Waals surface area (Å²) in [5.41, 5.74) is 1.87. The number of nitrogens with zero attached hydrogens (tertiary/aromatic N) is 3. The maximum Gasteiger partial charge on any atom is 0.342 e. The van der Waals surface area contributed by atoms with Gasteiger partial charge in [0.25, 0.3) is 0 Å². The second-order valence-corrected chi connectivity index (χ2v) is 9.54. The summed E-state index contributed by atoms with van der Waals surface area (Å²) in [6.45, 7) is 4.84. The Morgan fingerprint density at radius 3 is 2.31 bits per heavy atom. The molecule has 0 fully saturated rings. The van der Waals surface area contributed by atoms with Crippen molar-refractivity contribution < 1.29 is 27.1 Å². The van der Waals surface area contributed by atoms with Crippen LogP contribution in [-0.2, 0) is 13.0 Å². The molecule has 0 spiro atoms. The smallest absolute Gasteiger partial charge is 0.342 e. The molecule has 3 aromatic carbocycles. The molecule has 0 bridgehead atoms. The SMILES string of the molecule is CC(=Nc1c(C)cc(F)cc1C)C(F)(F)c1nc2ccc(C(=O)CCCCOc3ccc(F)cc3)cc2n1C. The van der Waals surface area contributed by atoms with Crippen molar-refractivity contribution in [3.63, 3.8) is 0 Å². The zero-order valence-electron chi connectivity index (χ0n) is 22.2. The van der Waals surface area contributed by atoms with Crippen LogP contribution < -0.4 is 4.74 Å². The maximum absolute atomic E-state index is 15.5. The molecule has 0 saturated heterocycles. The lowest BCUT2D eigenvalue weighted by atomic mass is 10.0. The Morgan fingerprint density at radius 1 is 0.974 bits per heavy atom. The molecule has 0 aliphatic heterocycles. The number of halogens is 4. The number of aryl methyl sites for hydroxylation is 3. The molecule has 204 valence electrons. The molecule has 0 atom stereocenters. The summed E-state index contributed by atoms with van der Waals surface area (Å²) < 4.78 is 64.5. The average molecular weight is 540 g/mol. The summed E-state index contributed by atoms with van der Waals surface area (Å²) in [5, 5.41) is 0. The number of hydrogen-bond donors (Lipinski definition) is 0. The van der Waals surface area contributed by atoms with Gasteiger partial charge in [0.2, 0.25) is 0 Å². The van der Waals surface area contributed by atoms with E-state index in [-0.39, 0.29) is 18.0 Å². The summed E-state index contributed by atoms with van der Waals surface area (Å²) in [6.07, 6.45) is 1.46. The fourth-order valence-corrected chi connectivity index (χ4v) is 4.38. The van der Waals surface area contributed by atoms with Gasteiger partial charge in [-0.25, -0.2) is 13.8 Å². The van der Waals surface area contributed by atoms with Crippen LogP contribution in [0.2, 0.25) is 0 Å². The van der Waals surface area contributed by atoms with Crippen molar-refractivity contribution in [3.8, 4) is 5.75 Å². The number of carbonyl (C=O) groups excluding carboxylic acids is 1. The number of ketones is 1. The predicted molar refractivity (Wildman–Crippen MR) is 143 cm³/mol. The second-order valence-electron chi connectivity index (χ2n) is 9.54. The number of aromatic nitrogens is 2. The number of Topliss-reactive ketones (excluding diaryl/α,β-unsaturated/α-hetero) is 1. The Morgan fingerprint density at radius 2 is 1.64 bits per heavy atom. The normalized spacial score (nSPS) is 12.3. The zero-order chi connectivity index (χ0) is 28.3. The van der Waals surface area contributed by atoms with E-state index in [2.05, 4.69) is 9.98 Å². The van der Waals surface area contributed by atoms with E-state index in [1.165, 1.54) is 42.8 Å². The lowest BCUT2D eigenvalue weighted by molar-refractivity contribution is 0.0624. The molecule has 0 radical (unpaired) electrons. The van der Waals surface area contributed by atoms with E-state index in [9.17, 15) is 13.6 Å². The predicted octanol–water partition coefficient (Wildman–Crippen LogP) is 7.78. The van der Waals surface area contributed by atoms with Gasteiger partial charge in [-0.1, -0.05) is 0 Å². The fourth-order valence-electron chi connectivity index (χ4n) is 4.38. The minimum Gasteiger partial charge on any atom is -0.494 e. The van der Waals surface area contributed by atoms with Crippen LogP contribution in [0.25, 0.3) is 11.0 Å². The van der Waals surface area contributed by atoms with E-state index >= 15 is 8.78 Å². The third kappa shape index (κ3) is 6.19. The largest absolute Gasteiger partial charge is 0.494 e. The first-order valence-corrected chi connectivity index (χ1v) is 12.6. The topological polar surface area (TPSA) is 56.5 Å². The molecule has 4 rings (SSSR count). The highest BCUT2D eigenvalue weighted by Crippen LogP contribution is 2.34. The number of imidazole rings is 1. The van der Waals surface area contributed by atoms with Crippen molar-refractivity contribution in [1.82, 2.24) is 9.55 Å². The summed E-state index contributed by atoms with van der Waals surface area (Å²) in [6, 6.07) is 12.9. The minimum absolute atomic E-state index is 0.117. The van der Waals surface area contributed by atoms with Crippen molar-refractivity contribution >= 4 is 28.2 Å². The molecule has 0 aliphatic carbocycles.